The highest BCUT2D eigenvalue weighted by atomic mass is 79.9. The average molecular weight is 302 g/mol. The second-order valence-corrected chi connectivity index (χ2v) is 4.87. The third-order valence-electron chi connectivity index (χ3n) is 2.87. The Bertz CT molecular complexity index is 353. The molecule has 0 saturated carbocycles. The second kappa shape index (κ2) is 6.99. The maximum atomic E-state index is 6.12. The molecule has 0 fully saturated rings. The molecule has 3 nitrogen and oxygen atoms in total. The molecule has 2 unspecified atom stereocenters. The van der Waals surface area contributed by atoms with Gasteiger partial charge in [0.25, 0.3) is 0 Å². The molecule has 0 saturated heterocycles. The Morgan fingerprint density at radius 2 is 2.06 bits per heavy atom. The van der Waals surface area contributed by atoms with Gasteiger partial charge < -0.3 is 15.2 Å². The van der Waals surface area contributed by atoms with E-state index in [0.717, 1.165) is 23.1 Å². The summed E-state index contributed by atoms with van der Waals surface area (Å²) in [5, 5.41) is 0. The number of hydrogen-bond acceptors (Lipinski definition) is 3. The van der Waals surface area contributed by atoms with Crippen LogP contribution in [-0.2, 0) is 11.2 Å². The van der Waals surface area contributed by atoms with E-state index in [1.165, 1.54) is 5.56 Å². The summed E-state index contributed by atoms with van der Waals surface area (Å²) >= 11 is 3.47. The number of benzene rings is 1. The Balaban J connectivity index is 2.71. The Hall–Kier alpha value is -0.580. The van der Waals surface area contributed by atoms with Gasteiger partial charge in [-0.05, 0) is 46.5 Å². The summed E-state index contributed by atoms with van der Waals surface area (Å²) in [5.74, 6) is 0.834. The van der Waals surface area contributed by atoms with Crippen molar-refractivity contribution < 1.29 is 9.47 Å². The molecule has 2 atom stereocenters. The van der Waals surface area contributed by atoms with Crippen LogP contribution >= 0.6 is 15.9 Å². The molecule has 0 radical (unpaired) electrons. The van der Waals surface area contributed by atoms with Crippen LogP contribution in [-0.4, -0.2) is 26.4 Å². The van der Waals surface area contributed by atoms with Crippen molar-refractivity contribution in [3.63, 3.8) is 0 Å². The molecular formula is C13H20BrNO2. The third kappa shape index (κ3) is 3.98. The van der Waals surface area contributed by atoms with E-state index in [4.69, 9.17) is 15.2 Å². The molecule has 0 aromatic heterocycles. The minimum absolute atomic E-state index is 0.0188. The molecule has 0 bridgehead atoms. The van der Waals surface area contributed by atoms with Crippen LogP contribution in [0.25, 0.3) is 0 Å². The van der Waals surface area contributed by atoms with Gasteiger partial charge in [0.2, 0.25) is 0 Å². The van der Waals surface area contributed by atoms with Gasteiger partial charge in [0.1, 0.15) is 5.75 Å². The lowest BCUT2D eigenvalue weighted by Gasteiger charge is -2.21. The molecule has 0 aliphatic heterocycles. The molecule has 1 aromatic carbocycles. The predicted octanol–water partition coefficient (Wildman–Crippen LogP) is 2.75. The molecular weight excluding hydrogens is 282 g/mol. The molecule has 2 N–H and O–H groups in total. The lowest BCUT2D eigenvalue weighted by molar-refractivity contribution is 0.0773. The van der Waals surface area contributed by atoms with E-state index in [9.17, 15) is 0 Å². The van der Waals surface area contributed by atoms with E-state index in [1.807, 2.05) is 18.2 Å². The number of ether oxygens (including phenoxy) is 2. The number of rotatable bonds is 6. The fourth-order valence-corrected chi connectivity index (χ4v) is 2.47. The molecule has 0 aliphatic rings. The second-order valence-electron chi connectivity index (χ2n) is 4.02. The topological polar surface area (TPSA) is 44.5 Å². The lowest BCUT2D eigenvalue weighted by Crippen LogP contribution is -2.37. The van der Waals surface area contributed by atoms with Gasteiger partial charge in [0.15, 0.2) is 0 Å². The van der Waals surface area contributed by atoms with Crippen LogP contribution in [0.4, 0.5) is 0 Å². The average Bonchev–Trinajstić information content (AvgIpc) is 2.31. The van der Waals surface area contributed by atoms with Crippen LogP contribution < -0.4 is 10.5 Å². The van der Waals surface area contributed by atoms with Crippen LogP contribution in [0.5, 0.6) is 5.75 Å². The molecule has 4 heteroatoms. The lowest BCUT2D eigenvalue weighted by atomic mass is 10.0. The van der Waals surface area contributed by atoms with Gasteiger partial charge in [-0.25, -0.2) is 0 Å². The quantitative estimate of drug-likeness (QED) is 0.879. The molecule has 1 aromatic rings. The molecule has 17 heavy (non-hydrogen) atoms. The minimum Gasteiger partial charge on any atom is -0.496 e. The first-order chi connectivity index (χ1) is 8.12. The highest BCUT2D eigenvalue weighted by Crippen LogP contribution is 2.26. The Morgan fingerprint density at radius 3 is 2.53 bits per heavy atom. The van der Waals surface area contributed by atoms with Gasteiger partial charge in [0.05, 0.1) is 17.7 Å². The Labute approximate surface area is 111 Å². The van der Waals surface area contributed by atoms with Gasteiger partial charge in [-0.1, -0.05) is 13.0 Å². The van der Waals surface area contributed by atoms with Crippen molar-refractivity contribution >= 4 is 15.9 Å². The number of methoxy groups -OCH3 is 2. The van der Waals surface area contributed by atoms with E-state index in [-0.39, 0.29) is 12.1 Å². The first-order valence-corrected chi connectivity index (χ1v) is 6.52. The van der Waals surface area contributed by atoms with Gasteiger partial charge in [0, 0.05) is 13.2 Å². The van der Waals surface area contributed by atoms with Crippen LogP contribution in [0.3, 0.4) is 0 Å². The summed E-state index contributed by atoms with van der Waals surface area (Å²) in [6.07, 6.45) is 1.83. The van der Waals surface area contributed by atoms with Gasteiger partial charge >= 0.3 is 0 Å². The Kier molecular flexibility index (Phi) is 5.95. The van der Waals surface area contributed by atoms with Crippen molar-refractivity contribution in [2.75, 3.05) is 14.2 Å². The van der Waals surface area contributed by atoms with Gasteiger partial charge in [-0.15, -0.1) is 0 Å². The van der Waals surface area contributed by atoms with E-state index >= 15 is 0 Å². The molecule has 0 aliphatic carbocycles. The maximum absolute atomic E-state index is 6.12. The minimum atomic E-state index is 0.0188. The highest BCUT2D eigenvalue weighted by Gasteiger charge is 2.16. The molecule has 0 amide bonds. The summed E-state index contributed by atoms with van der Waals surface area (Å²) < 4.78 is 11.5. The van der Waals surface area contributed by atoms with Crippen molar-refractivity contribution in [3.8, 4) is 5.75 Å². The van der Waals surface area contributed by atoms with E-state index in [0.29, 0.717) is 0 Å². The van der Waals surface area contributed by atoms with Crippen molar-refractivity contribution in [2.24, 2.45) is 5.73 Å². The van der Waals surface area contributed by atoms with E-state index in [2.05, 4.69) is 22.9 Å². The fourth-order valence-electron chi connectivity index (χ4n) is 1.88. The normalized spacial score (nSPS) is 14.4. The predicted molar refractivity (Wildman–Crippen MR) is 73.5 cm³/mol. The summed E-state index contributed by atoms with van der Waals surface area (Å²) in [4.78, 5) is 0. The smallest absolute Gasteiger partial charge is 0.133 e. The van der Waals surface area contributed by atoms with Gasteiger partial charge in [-0.3, -0.25) is 0 Å². The number of halogens is 1. The molecule has 96 valence electrons. The number of nitrogens with two attached hydrogens (primary N) is 1. The molecule has 1 rings (SSSR count). The highest BCUT2D eigenvalue weighted by molar-refractivity contribution is 9.10. The summed E-state index contributed by atoms with van der Waals surface area (Å²) in [6, 6.07) is 6.04. The van der Waals surface area contributed by atoms with E-state index in [1.54, 1.807) is 14.2 Å². The zero-order valence-corrected chi connectivity index (χ0v) is 12.2. The zero-order chi connectivity index (χ0) is 12.8. The van der Waals surface area contributed by atoms with Crippen LogP contribution in [0.2, 0.25) is 0 Å². The van der Waals surface area contributed by atoms with Crippen molar-refractivity contribution in [3.05, 3.63) is 28.2 Å². The van der Waals surface area contributed by atoms with Crippen molar-refractivity contribution in [2.45, 2.75) is 31.9 Å². The first-order valence-electron chi connectivity index (χ1n) is 5.73. The fraction of sp³-hybridized carbons (Fsp3) is 0.538. The summed E-state index contributed by atoms with van der Waals surface area (Å²) in [7, 11) is 3.36. The maximum Gasteiger partial charge on any atom is 0.133 e. The third-order valence-corrected chi connectivity index (χ3v) is 3.49. The SMILES string of the molecule is CCC(OC)C(N)Cc1ccc(OC)c(Br)c1. The number of hydrogen-bond donors (Lipinski definition) is 1. The molecule has 0 heterocycles. The summed E-state index contributed by atoms with van der Waals surface area (Å²) in [6.45, 7) is 2.08. The Morgan fingerprint density at radius 1 is 1.35 bits per heavy atom. The van der Waals surface area contributed by atoms with Crippen LogP contribution in [0.1, 0.15) is 18.9 Å². The van der Waals surface area contributed by atoms with Crippen LogP contribution in [0, 0.1) is 0 Å². The standard InChI is InChI=1S/C13H20BrNO2/c1-4-12(16-2)11(15)8-9-5-6-13(17-3)10(14)7-9/h5-7,11-12H,4,8,15H2,1-3H3. The van der Waals surface area contributed by atoms with E-state index < -0.39 is 0 Å². The van der Waals surface area contributed by atoms with Crippen LogP contribution in [0.15, 0.2) is 22.7 Å². The van der Waals surface area contributed by atoms with Crippen molar-refractivity contribution in [1.29, 1.82) is 0 Å². The first kappa shape index (κ1) is 14.5. The van der Waals surface area contributed by atoms with Gasteiger partial charge in [-0.2, -0.15) is 0 Å². The van der Waals surface area contributed by atoms with Crippen molar-refractivity contribution in [1.82, 2.24) is 0 Å². The monoisotopic (exact) mass is 301 g/mol. The summed E-state index contributed by atoms with van der Waals surface area (Å²) in [5.41, 5.74) is 7.30. The largest absolute Gasteiger partial charge is 0.496 e. The zero-order valence-electron chi connectivity index (χ0n) is 10.6. The molecule has 0 spiro atoms.